The Balaban J connectivity index is 2.74. The number of aliphatic carboxylic acids is 1. The summed E-state index contributed by atoms with van der Waals surface area (Å²) < 4.78 is 30.7. The van der Waals surface area contributed by atoms with Gasteiger partial charge in [-0.3, -0.25) is 4.79 Å². The van der Waals surface area contributed by atoms with Crippen LogP contribution in [-0.4, -0.2) is 48.6 Å². The molecular weight excluding hydrogens is 264 g/mol. The summed E-state index contributed by atoms with van der Waals surface area (Å²) in [5.74, 6) is -1.23. The van der Waals surface area contributed by atoms with E-state index in [0.29, 0.717) is 6.42 Å². The monoisotopic (exact) mass is 280 g/mol. The zero-order valence-corrected chi connectivity index (χ0v) is 10.9. The summed E-state index contributed by atoms with van der Waals surface area (Å²) in [5, 5.41) is 8.88. The second kappa shape index (κ2) is 5.53. The van der Waals surface area contributed by atoms with Gasteiger partial charge in [0.15, 0.2) is 0 Å². The summed E-state index contributed by atoms with van der Waals surface area (Å²) in [4.78, 5) is 22.1. The van der Waals surface area contributed by atoms with Gasteiger partial charge >= 0.3 is 22.3 Å². The molecule has 18 heavy (non-hydrogen) atoms. The van der Waals surface area contributed by atoms with E-state index in [0.717, 1.165) is 4.31 Å². The normalized spacial score (nSPS) is 20.9. The van der Waals surface area contributed by atoms with Crippen LogP contribution in [-0.2, 0) is 19.7 Å². The molecule has 1 unspecified atom stereocenters. The first kappa shape index (κ1) is 14.7. The van der Waals surface area contributed by atoms with Crippen LogP contribution in [0.4, 0.5) is 4.79 Å². The number of carbonyl (C=O) groups excluding carboxylic acids is 1. The molecule has 0 bridgehead atoms. The Labute approximate surface area is 105 Å². The van der Waals surface area contributed by atoms with E-state index in [4.69, 9.17) is 5.11 Å². The first-order valence-electron chi connectivity index (χ1n) is 5.47. The lowest BCUT2D eigenvalue weighted by Crippen LogP contribution is -2.48. The molecule has 1 aliphatic heterocycles. The summed E-state index contributed by atoms with van der Waals surface area (Å²) in [5.41, 5.74) is 0. The number of amides is 1. The second-order valence-corrected chi connectivity index (χ2v) is 5.79. The summed E-state index contributed by atoms with van der Waals surface area (Å²) in [7, 11) is -4.17. The Morgan fingerprint density at radius 3 is 2.56 bits per heavy atom. The topological polar surface area (TPSA) is 113 Å². The number of carbonyl (C=O) groups is 2. The number of hydrogen-bond donors (Lipinski definition) is 2. The van der Waals surface area contributed by atoms with Crippen molar-refractivity contribution in [3.8, 4) is 0 Å². The van der Waals surface area contributed by atoms with Crippen molar-refractivity contribution in [2.24, 2.45) is 0 Å². The van der Waals surface area contributed by atoms with Crippen LogP contribution in [0, 0.1) is 0 Å². The standard InChI is InChI=1S/C9H16N2O6S/c1-6(2)17-9(14)10-18(15,16)11-5-3-4-7(11)8(12)13/h6-7H,3-5H2,1-2H3,(H,10,14)(H,12,13). The first-order valence-corrected chi connectivity index (χ1v) is 6.91. The average molecular weight is 280 g/mol. The number of carboxylic acid groups (broad SMARTS) is 1. The fourth-order valence-electron chi connectivity index (χ4n) is 1.68. The Kier molecular flexibility index (Phi) is 4.52. The highest BCUT2D eigenvalue weighted by Crippen LogP contribution is 2.20. The van der Waals surface area contributed by atoms with Crippen LogP contribution in [0.3, 0.4) is 0 Å². The van der Waals surface area contributed by atoms with Gasteiger partial charge in [-0.25, -0.2) is 9.52 Å². The van der Waals surface area contributed by atoms with Gasteiger partial charge in [-0.2, -0.15) is 12.7 Å². The van der Waals surface area contributed by atoms with Crippen molar-refractivity contribution in [3.05, 3.63) is 0 Å². The smallest absolute Gasteiger partial charge is 0.422 e. The summed E-state index contributed by atoms with van der Waals surface area (Å²) in [6.07, 6.45) is -0.901. The van der Waals surface area contributed by atoms with E-state index in [1.165, 1.54) is 0 Å². The largest absolute Gasteiger partial charge is 0.480 e. The Morgan fingerprint density at radius 2 is 2.06 bits per heavy atom. The summed E-state index contributed by atoms with van der Waals surface area (Å²) >= 11 is 0. The maximum Gasteiger partial charge on any atom is 0.422 e. The molecule has 1 rings (SSSR count). The lowest BCUT2D eigenvalue weighted by atomic mass is 10.2. The van der Waals surface area contributed by atoms with E-state index in [2.05, 4.69) is 4.74 Å². The van der Waals surface area contributed by atoms with Crippen molar-refractivity contribution < 1.29 is 27.9 Å². The molecule has 0 saturated carbocycles. The van der Waals surface area contributed by atoms with E-state index in [1.54, 1.807) is 18.6 Å². The van der Waals surface area contributed by atoms with Crippen molar-refractivity contribution in [2.45, 2.75) is 38.8 Å². The molecule has 0 aliphatic carbocycles. The minimum absolute atomic E-state index is 0.0707. The zero-order chi connectivity index (χ0) is 13.9. The van der Waals surface area contributed by atoms with Gasteiger partial charge in [-0.05, 0) is 26.7 Å². The van der Waals surface area contributed by atoms with Gasteiger partial charge in [0.25, 0.3) is 0 Å². The van der Waals surface area contributed by atoms with Gasteiger partial charge in [-0.15, -0.1) is 0 Å². The summed E-state index contributed by atoms with van der Waals surface area (Å²) in [6.45, 7) is 3.21. The van der Waals surface area contributed by atoms with Crippen LogP contribution in [0.15, 0.2) is 0 Å². The Hall–Kier alpha value is -1.35. The Bertz CT molecular complexity index is 432. The number of rotatable bonds is 4. The third kappa shape index (κ3) is 3.57. The van der Waals surface area contributed by atoms with Crippen LogP contribution in [0.5, 0.6) is 0 Å². The highest BCUT2D eigenvalue weighted by molar-refractivity contribution is 7.87. The van der Waals surface area contributed by atoms with Gasteiger partial charge in [-0.1, -0.05) is 0 Å². The number of ether oxygens (including phenoxy) is 1. The molecular formula is C9H16N2O6S. The molecule has 1 amide bonds. The maximum absolute atomic E-state index is 11.8. The third-order valence-electron chi connectivity index (χ3n) is 2.35. The fraction of sp³-hybridized carbons (Fsp3) is 0.778. The zero-order valence-electron chi connectivity index (χ0n) is 10.1. The number of carboxylic acids is 1. The van der Waals surface area contributed by atoms with Gasteiger partial charge in [0.2, 0.25) is 0 Å². The van der Waals surface area contributed by atoms with Crippen LogP contribution >= 0.6 is 0 Å². The molecule has 9 heteroatoms. The van der Waals surface area contributed by atoms with Crippen molar-refractivity contribution in [2.75, 3.05) is 6.54 Å². The molecule has 104 valence electrons. The Morgan fingerprint density at radius 1 is 1.44 bits per heavy atom. The van der Waals surface area contributed by atoms with Crippen molar-refractivity contribution >= 4 is 22.3 Å². The van der Waals surface area contributed by atoms with Crippen molar-refractivity contribution in [3.63, 3.8) is 0 Å². The number of nitrogens with zero attached hydrogens (tertiary/aromatic N) is 1. The molecule has 0 aromatic rings. The highest BCUT2D eigenvalue weighted by atomic mass is 32.2. The van der Waals surface area contributed by atoms with Gasteiger partial charge < -0.3 is 9.84 Å². The molecule has 1 aliphatic rings. The van der Waals surface area contributed by atoms with E-state index in [9.17, 15) is 18.0 Å². The minimum Gasteiger partial charge on any atom is -0.480 e. The van der Waals surface area contributed by atoms with E-state index >= 15 is 0 Å². The predicted molar refractivity (Wildman–Crippen MR) is 61.0 cm³/mol. The van der Waals surface area contributed by atoms with Crippen LogP contribution in [0.2, 0.25) is 0 Å². The fourth-order valence-corrected chi connectivity index (χ4v) is 2.95. The van der Waals surface area contributed by atoms with E-state index in [1.807, 2.05) is 0 Å². The predicted octanol–water partition coefficient (Wildman–Crippen LogP) is -0.0852. The van der Waals surface area contributed by atoms with Gasteiger partial charge in [0, 0.05) is 6.54 Å². The lowest BCUT2D eigenvalue weighted by molar-refractivity contribution is -0.140. The second-order valence-electron chi connectivity index (χ2n) is 4.17. The molecule has 2 N–H and O–H groups in total. The molecule has 1 heterocycles. The molecule has 0 aromatic carbocycles. The SMILES string of the molecule is CC(C)OC(=O)NS(=O)(=O)N1CCCC1C(=O)O. The molecule has 1 saturated heterocycles. The van der Waals surface area contributed by atoms with Gasteiger partial charge in [0.05, 0.1) is 6.10 Å². The van der Waals surface area contributed by atoms with Crippen molar-refractivity contribution in [1.29, 1.82) is 0 Å². The minimum atomic E-state index is -4.17. The van der Waals surface area contributed by atoms with E-state index in [-0.39, 0.29) is 13.0 Å². The molecule has 1 atom stereocenters. The first-order chi connectivity index (χ1) is 8.24. The number of nitrogens with one attached hydrogen (secondary N) is 1. The molecule has 8 nitrogen and oxygen atoms in total. The highest BCUT2D eigenvalue weighted by Gasteiger charge is 2.39. The van der Waals surface area contributed by atoms with Crippen LogP contribution in [0.25, 0.3) is 0 Å². The van der Waals surface area contributed by atoms with Gasteiger partial charge in [0.1, 0.15) is 6.04 Å². The maximum atomic E-state index is 11.8. The molecule has 0 radical (unpaired) electrons. The van der Waals surface area contributed by atoms with Crippen molar-refractivity contribution in [1.82, 2.24) is 9.03 Å². The van der Waals surface area contributed by atoms with Crippen LogP contribution < -0.4 is 4.72 Å². The summed E-state index contributed by atoms with van der Waals surface area (Å²) in [6, 6.07) is -1.13. The quantitative estimate of drug-likeness (QED) is 0.744. The number of hydrogen-bond acceptors (Lipinski definition) is 5. The third-order valence-corrected chi connectivity index (χ3v) is 3.83. The van der Waals surface area contributed by atoms with Crippen LogP contribution in [0.1, 0.15) is 26.7 Å². The molecule has 0 aromatic heterocycles. The van der Waals surface area contributed by atoms with E-state index < -0.39 is 34.4 Å². The molecule has 0 spiro atoms. The molecule has 1 fully saturated rings. The lowest BCUT2D eigenvalue weighted by Gasteiger charge is -2.21. The average Bonchev–Trinajstić information content (AvgIpc) is 2.63.